The summed E-state index contributed by atoms with van der Waals surface area (Å²) in [7, 11) is 0. The minimum atomic E-state index is -0.295. The Balaban J connectivity index is 1.64. The minimum absolute atomic E-state index is 0.295. The van der Waals surface area contributed by atoms with Crippen LogP contribution >= 0.6 is 0 Å². The van der Waals surface area contributed by atoms with Crippen LogP contribution in [0.25, 0.3) is 22.2 Å². The SMILES string of the molecule is Fc1c[nH]c2ncc(-c3cnc(C4CCNCC4)nc3)cc12. The molecule has 4 rings (SSSR count). The molecule has 0 aromatic carbocycles. The van der Waals surface area contributed by atoms with Gasteiger partial charge in [0, 0.05) is 41.8 Å². The quantitative estimate of drug-likeness (QED) is 0.763. The molecule has 112 valence electrons. The van der Waals surface area contributed by atoms with Gasteiger partial charge in [-0.25, -0.2) is 19.3 Å². The molecule has 22 heavy (non-hydrogen) atoms. The largest absolute Gasteiger partial charge is 0.343 e. The average molecular weight is 297 g/mol. The molecule has 4 heterocycles. The van der Waals surface area contributed by atoms with E-state index in [1.165, 1.54) is 6.20 Å². The van der Waals surface area contributed by atoms with E-state index in [1.54, 1.807) is 24.7 Å². The molecule has 1 fully saturated rings. The summed E-state index contributed by atoms with van der Waals surface area (Å²) in [6.45, 7) is 2.03. The highest BCUT2D eigenvalue weighted by Gasteiger charge is 2.17. The summed E-state index contributed by atoms with van der Waals surface area (Å²) in [5.41, 5.74) is 2.23. The number of hydrogen-bond donors (Lipinski definition) is 2. The first-order valence-electron chi connectivity index (χ1n) is 7.47. The van der Waals surface area contributed by atoms with Gasteiger partial charge in [-0.3, -0.25) is 0 Å². The summed E-state index contributed by atoms with van der Waals surface area (Å²) in [5.74, 6) is 1.03. The molecule has 2 N–H and O–H groups in total. The molecule has 0 amide bonds. The maximum Gasteiger partial charge on any atom is 0.150 e. The Morgan fingerprint density at radius 3 is 2.50 bits per heavy atom. The smallest absolute Gasteiger partial charge is 0.150 e. The second-order valence-corrected chi connectivity index (χ2v) is 5.61. The Morgan fingerprint density at radius 1 is 1.00 bits per heavy atom. The Bertz CT molecular complexity index is 790. The number of aromatic nitrogens is 4. The van der Waals surface area contributed by atoms with Gasteiger partial charge in [-0.05, 0) is 32.0 Å². The summed E-state index contributed by atoms with van der Waals surface area (Å²) in [5, 5.41) is 3.83. The van der Waals surface area contributed by atoms with Crippen molar-refractivity contribution in [1.82, 2.24) is 25.3 Å². The first kappa shape index (κ1) is 13.3. The number of nitrogens with zero attached hydrogens (tertiary/aromatic N) is 3. The number of fused-ring (bicyclic) bond motifs is 1. The van der Waals surface area contributed by atoms with Crippen LogP contribution in [0, 0.1) is 5.82 Å². The standard InChI is InChI=1S/C16H16FN5/c17-14-9-22-16-13(14)5-11(6-21-16)12-7-19-15(20-8-12)10-1-3-18-4-2-10/h5-10,18H,1-4H2,(H,21,22). The summed E-state index contributed by atoms with van der Waals surface area (Å²) in [6.07, 6.45) is 8.78. The van der Waals surface area contributed by atoms with E-state index in [0.29, 0.717) is 17.0 Å². The van der Waals surface area contributed by atoms with Crippen molar-refractivity contribution in [3.05, 3.63) is 42.5 Å². The molecule has 0 bridgehead atoms. The predicted molar refractivity (Wildman–Crippen MR) is 81.9 cm³/mol. The Morgan fingerprint density at radius 2 is 1.73 bits per heavy atom. The third kappa shape index (κ3) is 2.35. The molecule has 0 radical (unpaired) electrons. The number of hydrogen-bond acceptors (Lipinski definition) is 4. The van der Waals surface area contributed by atoms with Crippen LogP contribution in [0.3, 0.4) is 0 Å². The van der Waals surface area contributed by atoms with Crippen molar-refractivity contribution in [3.8, 4) is 11.1 Å². The average Bonchev–Trinajstić information content (AvgIpc) is 2.96. The van der Waals surface area contributed by atoms with Crippen LogP contribution in [-0.2, 0) is 0 Å². The fourth-order valence-electron chi connectivity index (χ4n) is 2.91. The lowest BCUT2D eigenvalue weighted by Gasteiger charge is -2.21. The predicted octanol–water partition coefficient (Wildman–Crippen LogP) is 2.63. The zero-order valence-corrected chi connectivity index (χ0v) is 12.0. The van der Waals surface area contributed by atoms with Gasteiger partial charge in [-0.2, -0.15) is 0 Å². The molecular formula is C16H16FN5. The summed E-state index contributed by atoms with van der Waals surface area (Å²) < 4.78 is 13.6. The van der Waals surface area contributed by atoms with E-state index in [2.05, 4.69) is 25.3 Å². The van der Waals surface area contributed by atoms with Crippen molar-refractivity contribution in [1.29, 1.82) is 0 Å². The van der Waals surface area contributed by atoms with Gasteiger partial charge in [0.05, 0.1) is 5.39 Å². The Kier molecular flexibility index (Phi) is 3.31. The highest BCUT2D eigenvalue weighted by Crippen LogP contribution is 2.25. The van der Waals surface area contributed by atoms with Crippen LogP contribution in [-0.4, -0.2) is 33.0 Å². The lowest BCUT2D eigenvalue weighted by Crippen LogP contribution is -2.27. The zero-order valence-electron chi connectivity index (χ0n) is 12.0. The number of pyridine rings is 1. The van der Waals surface area contributed by atoms with Gasteiger partial charge in [-0.15, -0.1) is 0 Å². The second kappa shape index (κ2) is 5.46. The molecule has 0 saturated carbocycles. The minimum Gasteiger partial charge on any atom is -0.343 e. The third-order valence-corrected chi connectivity index (χ3v) is 4.19. The molecule has 3 aromatic heterocycles. The first-order chi connectivity index (χ1) is 10.8. The molecule has 3 aromatic rings. The van der Waals surface area contributed by atoms with Gasteiger partial charge in [0.1, 0.15) is 17.3 Å². The summed E-state index contributed by atoms with van der Waals surface area (Å²) in [6, 6.07) is 1.77. The van der Waals surface area contributed by atoms with Gasteiger partial charge in [0.15, 0.2) is 0 Å². The molecule has 0 unspecified atom stereocenters. The molecule has 1 saturated heterocycles. The lowest BCUT2D eigenvalue weighted by atomic mass is 9.97. The highest BCUT2D eigenvalue weighted by atomic mass is 19.1. The molecule has 6 heteroatoms. The van der Waals surface area contributed by atoms with E-state index in [0.717, 1.165) is 42.9 Å². The van der Waals surface area contributed by atoms with Crippen molar-refractivity contribution in [2.75, 3.05) is 13.1 Å². The fraction of sp³-hybridized carbons (Fsp3) is 0.312. The second-order valence-electron chi connectivity index (χ2n) is 5.61. The maximum atomic E-state index is 13.6. The number of rotatable bonds is 2. The lowest BCUT2D eigenvalue weighted by molar-refractivity contribution is 0.445. The van der Waals surface area contributed by atoms with Crippen LogP contribution in [0.5, 0.6) is 0 Å². The molecule has 0 atom stereocenters. The monoisotopic (exact) mass is 297 g/mol. The first-order valence-corrected chi connectivity index (χ1v) is 7.47. The number of nitrogens with one attached hydrogen (secondary N) is 2. The molecule has 1 aliphatic heterocycles. The van der Waals surface area contributed by atoms with Crippen LogP contribution in [0.15, 0.2) is 30.9 Å². The van der Waals surface area contributed by atoms with Crippen molar-refractivity contribution in [2.24, 2.45) is 0 Å². The van der Waals surface area contributed by atoms with E-state index >= 15 is 0 Å². The maximum absolute atomic E-state index is 13.6. The van der Waals surface area contributed by atoms with Crippen LogP contribution < -0.4 is 5.32 Å². The third-order valence-electron chi connectivity index (χ3n) is 4.19. The van der Waals surface area contributed by atoms with Gasteiger partial charge in [0.25, 0.3) is 0 Å². The molecule has 1 aliphatic rings. The molecule has 0 spiro atoms. The van der Waals surface area contributed by atoms with Gasteiger partial charge < -0.3 is 10.3 Å². The van der Waals surface area contributed by atoms with E-state index in [-0.39, 0.29) is 5.82 Å². The number of halogens is 1. The Hall–Kier alpha value is -2.34. The molecule has 0 aliphatic carbocycles. The fourth-order valence-corrected chi connectivity index (χ4v) is 2.91. The zero-order chi connectivity index (χ0) is 14.9. The van der Waals surface area contributed by atoms with Crippen molar-refractivity contribution < 1.29 is 4.39 Å². The highest BCUT2D eigenvalue weighted by molar-refractivity contribution is 5.81. The van der Waals surface area contributed by atoms with Crippen LogP contribution in [0.4, 0.5) is 4.39 Å². The summed E-state index contributed by atoms with van der Waals surface area (Å²) in [4.78, 5) is 16.0. The van der Waals surface area contributed by atoms with E-state index in [4.69, 9.17) is 0 Å². The van der Waals surface area contributed by atoms with E-state index in [9.17, 15) is 4.39 Å². The van der Waals surface area contributed by atoms with Crippen molar-refractivity contribution in [2.45, 2.75) is 18.8 Å². The number of H-pyrrole nitrogens is 1. The van der Waals surface area contributed by atoms with E-state index in [1.807, 2.05) is 0 Å². The Labute approximate surface area is 127 Å². The number of piperidine rings is 1. The van der Waals surface area contributed by atoms with E-state index < -0.39 is 0 Å². The van der Waals surface area contributed by atoms with Gasteiger partial charge in [-0.1, -0.05) is 0 Å². The molecule has 5 nitrogen and oxygen atoms in total. The normalized spacial score (nSPS) is 16.2. The topological polar surface area (TPSA) is 66.5 Å². The van der Waals surface area contributed by atoms with Crippen molar-refractivity contribution >= 4 is 11.0 Å². The van der Waals surface area contributed by atoms with Gasteiger partial charge in [0.2, 0.25) is 0 Å². The molecular weight excluding hydrogens is 281 g/mol. The van der Waals surface area contributed by atoms with Crippen LogP contribution in [0.2, 0.25) is 0 Å². The van der Waals surface area contributed by atoms with Crippen LogP contribution in [0.1, 0.15) is 24.6 Å². The van der Waals surface area contributed by atoms with Gasteiger partial charge >= 0.3 is 0 Å². The number of aromatic amines is 1. The summed E-state index contributed by atoms with van der Waals surface area (Å²) >= 11 is 0. The van der Waals surface area contributed by atoms with Crippen molar-refractivity contribution in [3.63, 3.8) is 0 Å².